The van der Waals surface area contributed by atoms with Gasteiger partial charge in [-0.05, 0) is 49.2 Å². The minimum Gasteiger partial charge on any atom is -0.370 e. The maximum atomic E-state index is 12.4. The van der Waals surface area contributed by atoms with Crippen molar-refractivity contribution in [1.82, 2.24) is 9.88 Å². The van der Waals surface area contributed by atoms with E-state index in [4.69, 9.17) is 0 Å². The van der Waals surface area contributed by atoms with Gasteiger partial charge >= 0.3 is 6.18 Å². The summed E-state index contributed by atoms with van der Waals surface area (Å²) in [6.07, 6.45) is -3.33. The molecule has 2 heterocycles. The number of nitrogens with one attached hydrogen (secondary N) is 1. The van der Waals surface area contributed by atoms with Gasteiger partial charge < -0.3 is 5.32 Å². The molecule has 1 fully saturated rings. The lowest BCUT2D eigenvalue weighted by atomic mass is 10.1. The van der Waals surface area contributed by atoms with E-state index < -0.39 is 12.7 Å². The normalized spacial score (nSPS) is 19.4. The maximum absolute atomic E-state index is 12.4. The van der Waals surface area contributed by atoms with Crippen LogP contribution in [-0.4, -0.2) is 42.2 Å². The smallest absolute Gasteiger partial charge is 0.370 e. The van der Waals surface area contributed by atoms with Crippen molar-refractivity contribution in [3.05, 3.63) is 34.8 Å². The quantitative estimate of drug-likeness (QED) is 0.847. The Morgan fingerprint density at radius 3 is 2.87 bits per heavy atom. The molecule has 1 N–H and O–H groups in total. The van der Waals surface area contributed by atoms with Gasteiger partial charge in [0.1, 0.15) is 5.82 Å². The van der Waals surface area contributed by atoms with Gasteiger partial charge in [0.2, 0.25) is 0 Å². The summed E-state index contributed by atoms with van der Waals surface area (Å²) in [4.78, 5) is 6.00. The van der Waals surface area contributed by atoms with Crippen LogP contribution in [0, 0.1) is 5.92 Å². The van der Waals surface area contributed by atoms with Gasteiger partial charge in [-0.3, -0.25) is 4.90 Å². The van der Waals surface area contributed by atoms with E-state index >= 15 is 0 Å². The first-order chi connectivity index (χ1) is 10.9. The SMILES string of the molecule is FC(F)(F)CN1CCC(CNc2ccc3cc(Br)ccc3n2)C1. The Morgan fingerprint density at radius 1 is 1.26 bits per heavy atom. The van der Waals surface area contributed by atoms with Gasteiger partial charge in [-0.15, -0.1) is 0 Å². The van der Waals surface area contributed by atoms with Crippen molar-refractivity contribution in [1.29, 1.82) is 0 Å². The number of hydrogen-bond acceptors (Lipinski definition) is 3. The molecule has 1 aromatic heterocycles. The van der Waals surface area contributed by atoms with Crippen LogP contribution in [0.15, 0.2) is 34.8 Å². The van der Waals surface area contributed by atoms with Gasteiger partial charge in [-0.1, -0.05) is 15.9 Å². The highest BCUT2D eigenvalue weighted by Gasteiger charge is 2.34. The lowest BCUT2D eigenvalue weighted by Crippen LogP contribution is -2.33. The molecule has 3 rings (SSSR count). The number of fused-ring (bicyclic) bond motifs is 1. The summed E-state index contributed by atoms with van der Waals surface area (Å²) in [6.45, 7) is 0.814. The number of alkyl halides is 3. The first-order valence-electron chi connectivity index (χ1n) is 7.48. The van der Waals surface area contributed by atoms with Crippen molar-refractivity contribution in [3.63, 3.8) is 0 Å². The maximum Gasteiger partial charge on any atom is 0.401 e. The predicted molar refractivity (Wildman–Crippen MR) is 88.5 cm³/mol. The van der Waals surface area contributed by atoms with E-state index in [1.165, 1.54) is 4.90 Å². The predicted octanol–water partition coefficient (Wildman–Crippen LogP) is 4.29. The topological polar surface area (TPSA) is 28.2 Å². The van der Waals surface area contributed by atoms with Crippen LogP contribution >= 0.6 is 15.9 Å². The van der Waals surface area contributed by atoms with Gasteiger partial charge in [-0.25, -0.2) is 4.98 Å². The summed E-state index contributed by atoms with van der Waals surface area (Å²) >= 11 is 3.42. The number of anilines is 1. The summed E-state index contributed by atoms with van der Waals surface area (Å²) in [7, 11) is 0. The van der Waals surface area contributed by atoms with E-state index in [9.17, 15) is 13.2 Å². The fourth-order valence-electron chi connectivity index (χ4n) is 2.92. The average Bonchev–Trinajstić information content (AvgIpc) is 2.90. The number of aromatic nitrogens is 1. The van der Waals surface area contributed by atoms with Crippen LogP contribution in [0.3, 0.4) is 0 Å². The van der Waals surface area contributed by atoms with E-state index in [0.717, 1.165) is 27.6 Å². The van der Waals surface area contributed by atoms with Crippen LogP contribution in [0.25, 0.3) is 10.9 Å². The molecule has 2 aromatic rings. The van der Waals surface area contributed by atoms with Crippen molar-refractivity contribution >= 4 is 32.7 Å². The molecular formula is C16H17BrF3N3. The van der Waals surface area contributed by atoms with Crippen LogP contribution in [0.2, 0.25) is 0 Å². The van der Waals surface area contributed by atoms with Crippen molar-refractivity contribution in [2.45, 2.75) is 12.6 Å². The van der Waals surface area contributed by atoms with E-state index in [2.05, 4.69) is 26.2 Å². The molecule has 0 spiro atoms. The Labute approximate surface area is 141 Å². The molecule has 1 unspecified atom stereocenters. The Kier molecular flexibility index (Phi) is 4.77. The molecule has 23 heavy (non-hydrogen) atoms. The first kappa shape index (κ1) is 16.5. The lowest BCUT2D eigenvalue weighted by molar-refractivity contribution is -0.143. The van der Waals surface area contributed by atoms with Crippen LogP contribution in [0.1, 0.15) is 6.42 Å². The van der Waals surface area contributed by atoms with Crippen molar-refractivity contribution < 1.29 is 13.2 Å². The second-order valence-electron chi connectivity index (χ2n) is 5.92. The second-order valence-corrected chi connectivity index (χ2v) is 6.84. The number of hydrogen-bond donors (Lipinski definition) is 1. The molecule has 7 heteroatoms. The fourth-order valence-corrected chi connectivity index (χ4v) is 3.30. The summed E-state index contributed by atoms with van der Waals surface area (Å²) < 4.78 is 38.2. The Morgan fingerprint density at radius 2 is 2.09 bits per heavy atom. The monoisotopic (exact) mass is 387 g/mol. The summed E-state index contributed by atoms with van der Waals surface area (Å²) in [5.74, 6) is 0.980. The Hall–Kier alpha value is -1.34. The van der Waals surface area contributed by atoms with E-state index in [-0.39, 0.29) is 5.92 Å². The minimum absolute atomic E-state index is 0.222. The van der Waals surface area contributed by atoms with Crippen LogP contribution in [-0.2, 0) is 0 Å². The zero-order valence-corrected chi connectivity index (χ0v) is 14.0. The Balaban J connectivity index is 1.56. The van der Waals surface area contributed by atoms with Crippen molar-refractivity contribution in [2.75, 3.05) is 31.5 Å². The molecule has 0 bridgehead atoms. The van der Waals surface area contributed by atoms with Gasteiger partial charge in [0, 0.05) is 22.9 Å². The highest BCUT2D eigenvalue weighted by atomic mass is 79.9. The molecule has 1 aromatic carbocycles. The third kappa shape index (κ3) is 4.57. The second kappa shape index (κ2) is 6.65. The molecule has 1 atom stereocenters. The standard InChI is InChI=1S/C16H17BrF3N3/c17-13-2-3-14-12(7-13)1-4-15(22-14)21-8-11-5-6-23(9-11)10-16(18,19)20/h1-4,7,11H,5-6,8-10H2,(H,21,22). The summed E-state index contributed by atoms with van der Waals surface area (Å²) in [5, 5.41) is 4.29. The summed E-state index contributed by atoms with van der Waals surface area (Å²) in [5.41, 5.74) is 0.892. The molecular weight excluding hydrogens is 371 g/mol. The number of pyridine rings is 1. The van der Waals surface area contributed by atoms with Gasteiger partial charge in [0.05, 0.1) is 12.1 Å². The van der Waals surface area contributed by atoms with E-state index in [0.29, 0.717) is 19.6 Å². The fraction of sp³-hybridized carbons (Fsp3) is 0.438. The summed E-state index contributed by atoms with van der Waals surface area (Å²) in [6, 6.07) is 9.76. The van der Waals surface area contributed by atoms with E-state index in [1.807, 2.05) is 30.3 Å². The Bertz CT molecular complexity index is 690. The number of likely N-dealkylation sites (tertiary alicyclic amines) is 1. The van der Waals surface area contributed by atoms with Crippen LogP contribution in [0.5, 0.6) is 0 Å². The van der Waals surface area contributed by atoms with Gasteiger partial charge in [-0.2, -0.15) is 13.2 Å². The van der Waals surface area contributed by atoms with Crippen LogP contribution < -0.4 is 5.32 Å². The zero-order chi connectivity index (χ0) is 16.4. The molecule has 124 valence electrons. The first-order valence-corrected chi connectivity index (χ1v) is 8.28. The molecule has 1 saturated heterocycles. The number of rotatable bonds is 4. The largest absolute Gasteiger partial charge is 0.401 e. The number of halogens is 4. The third-order valence-corrected chi connectivity index (χ3v) is 4.49. The average molecular weight is 388 g/mol. The molecule has 1 aliphatic rings. The number of nitrogens with zero attached hydrogens (tertiary/aromatic N) is 2. The third-order valence-electron chi connectivity index (χ3n) is 4.00. The van der Waals surface area contributed by atoms with Crippen molar-refractivity contribution in [3.8, 4) is 0 Å². The molecule has 0 radical (unpaired) electrons. The highest BCUT2D eigenvalue weighted by Crippen LogP contribution is 2.24. The number of benzene rings is 1. The minimum atomic E-state index is -4.11. The van der Waals surface area contributed by atoms with Gasteiger partial charge in [0.15, 0.2) is 0 Å². The molecule has 1 aliphatic heterocycles. The highest BCUT2D eigenvalue weighted by molar-refractivity contribution is 9.10. The van der Waals surface area contributed by atoms with Crippen molar-refractivity contribution in [2.24, 2.45) is 5.92 Å². The molecule has 3 nitrogen and oxygen atoms in total. The lowest BCUT2D eigenvalue weighted by Gasteiger charge is -2.18. The molecule has 0 amide bonds. The van der Waals surface area contributed by atoms with Gasteiger partial charge in [0.25, 0.3) is 0 Å². The van der Waals surface area contributed by atoms with E-state index in [1.54, 1.807) is 0 Å². The molecule has 0 aliphatic carbocycles. The molecule has 0 saturated carbocycles. The van der Waals surface area contributed by atoms with Crippen LogP contribution in [0.4, 0.5) is 19.0 Å². The zero-order valence-electron chi connectivity index (χ0n) is 12.4.